The lowest BCUT2D eigenvalue weighted by Crippen LogP contribution is -2.24. The Labute approximate surface area is 85.0 Å². The van der Waals surface area contributed by atoms with Crippen LogP contribution in [-0.4, -0.2) is 11.7 Å². The van der Waals surface area contributed by atoms with Crippen LogP contribution in [0.25, 0.3) is 0 Å². The Hall–Kier alpha value is -1.02. The third-order valence-corrected chi connectivity index (χ3v) is 2.92. The van der Waals surface area contributed by atoms with Gasteiger partial charge in [-0.25, -0.2) is 0 Å². The van der Waals surface area contributed by atoms with Crippen LogP contribution in [0.5, 0.6) is 5.75 Å². The maximum Gasteiger partial charge on any atom is 0.120 e. The van der Waals surface area contributed by atoms with E-state index in [1.54, 1.807) is 0 Å². The van der Waals surface area contributed by atoms with Crippen molar-refractivity contribution >= 4 is 0 Å². The van der Waals surface area contributed by atoms with Gasteiger partial charge in [0.2, 0.25) is 0 Å². The number of phenolic OH excluding ortho intramolecular Hbond substituents is 1. The van der Waals surface area contributed by atoms with Gasteiger partial charge in [-0.05, 0) is 36.1 Å². The normalized spacial score (nSPS) is 15.6. The number of phenols is 1. The lowest BCUT2D eigenvalue weighted by atomic mass is 9.89. The highest BCUT2D eigenvalue weighted by molar-refractivity contribution is 5.46. The first kappa shape index (κ1) is 9.53. The zero-order chi connectivity index (χ0) is 10.1. The maximum absolute atomic E-state index is 9.72. The van der Waals surface area contributed by atoms with E-state index in [0.29, 0.717) is 11.7 Å². The summed E-state index contributed by atoms with van der Waals surface area (Å²) >= 11 is 0. The van der Waals surface area contributed by atoms with E-state index in [0.717, 1.165) is 25.1 Å². The van der Waals surface area contributed by atoms with Crippen LogP contribution in [0.1, 0.15) is 36.5 Å². The van der Waals surface area contributed by atoms with Crippen LogP contribution in [0.15, 0.2) is 12.1 Å². The molecule has 0 atom stereocenters. The SMILES string of the molecule is CC(C)c1ccc(O)c2c1CCNC2. The van der Waals surface area contributed by atoms with Crippen molar-refractivity contribution in [3.63, 3.8) is 0 Å². The first-order valence-electron chi connectivity index (χ1n) is 5.24. The highest BCUT2D eigenvalue weighted by atomic mass is 16.3. The molecular formula is C12H17NO. The smallest absolute Gasteiger partial charge is 0.120 e. The molecule has 0 saturated heterocycles. The molecule has 0 aromatic heterocycles. The summed E-state index contributed by atoms with van der Waals surface area (Å²) in [5, 5.41) is 13.0. The van der Waals surface area contributed by atoms with Gasteiger partial charge in [-0.1, -0.05) is 19.9 Å². The van der Waals surface area contributed by atoms with E-state index in [9.17, 15) is 5.11 Å². The molecule has 76 valence electrons. The van der Waals surface area contributed by atoms with E-state index in [1.165, 1.54) is 11.1 Å². The summed E-state index contributed by atoms with van der Waals surface area (Å²) in [6.45, 7) is 6.24. The molecule has 1 heterocycles. The van der Waals surface area contributed by atoms with Gasteiger partial charge in [0.15, 0.2) is 0 Å². The van der Waals surface area contributed by atoms with Gasteiger partial charge < -0.3 is 10.4 Å². The fourth-order valence-electron chi connectivity index (χ4n) is 2.16. The Morgan fingerprint density at radius 3 is 2.79 bits per heavy atom. The van der Waals surface area contributed by atoms with E-state index < -0.39 is 0 Å². The monoisotopic (exact) mass is 191 g/mol. The van der Waals surface area contributed by atoms with E-state index in [2.05, 4.69) is 25.2 Å². The van der Waals surface area contributed by atoms with Crippen molar-refractivity contribution in [3.8, 4) is 5.75 Å². The molecule has 2 rings (SSSR count). The van der Waals surface area contributed by atoms with Crippen LogP contribution < -0.4 is 5.32 Å². The van der Waals surface area contributed by atoms with Gasteiger partial charge in [-0.2, -0.15) is 0 Å². The van der Waals surface area contributed by atoms with Crippen LogP contribution >= 0.6 is 0 Å². The number of rotatable bonds is 1. The van der Waals surface area contributed by atoms with Gasteiger partial charge in [-0.15, -0.1) is 0 Å². The minimum atomic E-state index is 0.441. The first-order chi connectivity index (χ1) is 6.70. The Kier molecular flexibility index (Phi) is 2.46. The van der Waals surface area contributed by atoms with E-state index in [1.807, 2.05) is 6.07 Å². The van der Waals surface area contributed by atoms with Crippen molar-refractivity contribution in [2.75, 3.05) is 6.54 Å². The summed E-state index contributed by atoms with van der Waals surface area (Å²) in [4.78, 5) is 0. The number of nitrogens with one attached hydrogen (secondary N) is 1. The molecule has 0 bridgehead atoms. The molecule has 1 aromatic rings. The molecule has 0 amide bonds. The van der Waals surface area contributed by atoms with Crippen molar-refractivity contribution in [3.05, 3.63) is 28.8 Å². The van der Waals surface area contributed by atoms with Crippen LogP contribution in [0.4, 0.5) is 0 Å². The van der Waals surface area contributed by atoms with Crippen LogP contribution in [0, 0.1) is 0 Å². The average Bonchev–Trinajstić information content (AvgIpc) is 2.18. The second-order valence-electron chi connectivity index (χ2n) is 4.21. The molecule has 2 N–H and O–H groups in total. The first-order valence-corrected chi connectivity index (χ1v) is 5.24. The number of hydrogen-bond donors (Lipinski definition) is 2. The maximum atomic E-state index is 9.72. The molecule has 0 spiro atoms. The molecule has 0 unspecified atom stereocenters. The molecule has 1 aliphatic heterocycles. The van der Waals surface area contributed by atoms with Gasteiger partial charge in [0.05, 0.1) is 0 Å². The largest absolute Gasteiger partial charge is 0.508 e. The minimum Gasteiger partial charge on any atom is -0.508 e. The van der Waals surface area contributed by atoms with E-state index in [-0.39, 0.29) is 0 Å². The van der Waals surface area contributed by atoms with Gasteiger partial charge in [0.1, 0.15) is 5.75 Å². The second-order valence-corrected chi connectivity index (χ2v) is 4.21. The summed E-state index contributed by atoms with van der Waals surface area (Å²) in [6.07, 6.45) is 1.04. The molecule has 2 heteroatoms. The average molecular weight is 191 g/mol. The fourth-order valence-corrected chi connectivity index (χ4v) is 2.16. The third kappa shape index (κ3) is 1.50. The van der Waals surface area contributed by atoms with Crippen LogP contribution in [-0.2, 0) is 13.0 Å². The van der Waals surface area contributed by atoms with E-state index in [4.69, 9.17) is 0 Å². The van der Waals surface area contributed by atoms with Crippen molar-refractivity contribution in [2.45, 2.75) is 32.7 Å². The van der Waals surface area contributed by atoms with Crippen molar-refractivity contribution in [2.24, 2.45) is 0 Å². The summed E-state index contributed by atoms with van der Waals surface area (Å²) < 4.78 is 0. The molecule has 1 aromatic carbocycles. The second kappa shape index (κ2) is 3.62. The molecule has 14 heavy (non-hydrogen) atoms. The summed E-state index contributed by atoms with van der Waals surface area (Å²) in [5.41, 5.74) is 3.85. The zero-order valence-corrected chi connectivity index (χ0v) is 8.80. The molecule has 0 fully saturated rings. The molecular weight excluding hydrogens is 174 g/mol. The van der Waals surface area contributed by atoms with Gasteiger partial charge in [0, 0.05) is 12.1 Å². The standard InChI is InChI=1S/C12H17NO/c1-8(2)9-3-4-12(14)11-7-13-6-5-10(9)11/h3-4,8,13-14H,5-7H2,1-2H3. The highest BCUT2D eigenvalue weighted by Gasteiger charge is 2.17. The van der Waals surface area contributed by atoms with Gasteiger partial charge in [0.25, 0.3) is 0 Å². The van der Waals surface area contributed by atoms with Crippen molar-refractivity contribution < 1.29 is 5.11 Å². The molecule has 1 aliphatic rings. The number of benzene rings is 1. The lowest BCUT2D eigenvalue weighted by Gasteiger charge is -2.23. The Bertz CT molecular complexity index is 344. The number of aromatic hydroxyl groups is 1. The lowest BCUT2D eigenvalue weighted by molar-refractivity contribution is 0.458. The Morgan fingerprint density at radius 2 is 2.07 bits per heavy atom. The number of fused-ring (bicyclic) bond motifs is 1. The summed E-state index contributed by atoms with van der Waals surface area (Å²) in [5.74, 6) is 0.985. The molecule has 0 aliphatic carbocycles. The predicted molar refractivity (Wildman–Crippen MR) is 57.6 cm³/mol. The molecule has 2 nitrogen and oxygen atoms in total. The predicted octanol–water partition coefficient (Wildman–Crippen LogP) is 2.16. The van der Waals surface area contributed by atoms with Crippen molar-refractivity contribution in [1.29, 1.82) is 0 Å². The van der Waals surface area contributed by atoms with Crippen molar-refractivity contribution in [1.82, 2.24) is 5.32 Å². The topological polar surface area (TPSA) is 32.3 Å². The summed E-state index contributed by atoms with van der Waals surface area (Å²) in [7, 11) is 0. The fraction of sp³-hybridized carbons (Fsp3) is 0.500. The third-order valence-electron chi connectivity index (χ3n) is 2.92. The Balaban J connectivity index is 2.53. The minimum absolute atomic E-state index is 0.441. The van der Waals surface area contributed by atoms with Crippen LogP contribution in [0.2, 0.25) is 0 Å². The van der Waals surface area contributed by atoms with Crippen LogP contribution in [0.3, 0.4) is 0 Å². The molecule has 0 saturated carbocycles. The number of hydrogen-bond acceptors (Lipinski definition) is 2. The molecule has 0 radical (unpaired) electrons. The highest BCUT2D eigenvalue weighted by Crippen LogP contribution is 2.30. The van der Waals surface area contributed by atoms with Gasteiger partial charge in [-0.3, -0.25) is 0 Å². The quantitative estimate of drug-likeness (QED) is 0.713. The van der Waals surface area contributed by atoms with E-state index >= 15 is 0 Å². The van der Waals surface area contributed by atoms with Gasteiger partial charge >= 0.3 is 0 Å². The summed E-state index contributed by atoms with van der Waals surface area (Å²) in [6, 6.07) is 3.88. The Morgan fingerprint density at radius 1 is 1.29 bits per heavy atom. The zero-order valence-electron chi connectivity index (χ0n) is 8.80.